The van der Waals surface area contributed by atoms with Crippen LogP contribution in [0.2, 0.25) is 0 Å². The molecule has 0 radical (unpaired) electrons. The van der Waals surface area contributed by atoms with Crippen LogP contribution >= 0.6 is 0 Å². The number of hydrogen-bond donors (Lipinski definition) is 1. The minimum absolute atomic E-state index is 0.128. The Morgan fingerprint density at radius 3 is 2.64 bits per heavy atom. The third-order valence-corrected chi connectivity index (χ3v) is 1.80. The number of rotatable bonds is 2. The summed E-state index contributed by atoms with van der Waals surface area (Å²) < 4.78 is 4.94. The number of ether oxygens (including phenoxy) is 1. The summed E-state index contributed by atoms with van der Waals surface area (Å²) in [6.45, 7) is 6.37. The Hall–Kier alpha value is -1.16. The lowest BCUT2D eigenvalue weighted by Crippen LogP contribution is -2.22. The van der Waals surface area contributed by atoms with Crippen molar-refractivity contribution in [3.63, 3.8) is 0 Å². The lowest BCUT2D eigenvalue weighted by Gasteiger charge is -2.17. The molecule has 1 N–H and O–H groups in total. The largest absolute Gasteiger partial charge is 0.378 e. The molecule has 0 aromatic carbocycles. The average Bonchev–Trinajstić information content (AvgIpc) is 2.02. The van der Waals surface area contributed by atoms with Crippen LogP contribution in [0.15, 0.2) is 10.9 Å². The molecule has 4 nitrogen and oxygen atoms in total. The normalized spacial score (nSPS) is 11.7. The Labute approximate surface area is 83.3 Å². The molecule has 0 atom stereocenters. The van der Waals surface area contributed by atoms with Gasteiger partial charge in [0.2, 0.25) is 0 Å². The molecule has 4 heteroatoms. The van der Waals surface area contributed by atoms with Crippen molar-refractivity contribution in [1.82, 2.24) is 9.97 Å². The van der Waals surface area contributed by atoms with Crippen molar-refractivity contribution in [1.29, 1.82) is 0 Å². The van der Waals surface area contributed by atoms with Crippen molar-refractivity contribution >= 4 is 0 Å². The molecular formula is C10H16N2O2. The van der Waals surface area contributed by atoms with Crippen LogP contribution in [0.5, 0.6) is 0 Å². The van der Waals surface area contributed by atoms with E-state index in [1.165, 1.54) is 6.07 Å². The summed E-state index contributed by atoms with van der Waals surface area (Å²) in [5.74, 6) is 0.692. The molecule has 0 saturated heterocycles. The van der Waals surface area contributed by atoms with Gasteiger partial charge in [-0.25, -0.2) is 4.98 Å². The molecule has 0 fully saturated rings. The first-order valence-electron chi connectivity index (χ1n) is 4.53. The van der Waals surface area contributed by atoms with Crippen LogP contribution in [-0.2, 0) is 16.8 Å². The molecule has 0 spiro atoms. The molecule has 0 aliphatic carbocycles. The number of hydrogen-bond acceptors (Lipinski definition) is 3. The van der Waals surface area contributed by atoms with Crippen LogP contribution in [0, 0.1) is 0 Å². The monoisotopic (exact) mass is 196 g/mol. The van der Waals surface area contributed by atoms with Gasteiger partial charge in [-0.3, -0.25) is 4.79 Å². The highest BCUT2D eigenvalue weighted by Crippen LogP contribution is 2.16. The third-order valence-electron chi connectivity index (χ3n) is 1.80. The highest BCUT2D eigenvalue weighted by atomic mass is 16.5. The van der Waals surface area contributed by atoms with Crippen molar-refractivity contribution in [3.8, 4) is 0 Å². The second-order valence-electron chi connectivity index (χ2n) is 4.27. The quantitative estimate of drug-likeness (QED) is 0.773. The molecule has 78 valence electrons. The van der Waals surface area contributed by atoms with Crippen molar-refractivity contribution in [3.05, 3.63) is 27.9 Å². The van der Waals surface area contributed by atoms with Crippen LogP contribution in [0.25, 0.3) is 0 Å². The van der Waals surface area contributed by atoms with Gasteiger partial charge in [-0.2, -0.15) is 0 Å². The first-order valence-corrected chi connectivity index (χ1v) is 4.53. The number of nitrogens with one attached hydrogen (secondary N) is 1. The molecule has 0 aliphatic rings. The number of aromatic amines is 1. The van der Waals surface area contributed by atoms with Gasteiger partial charge in [0.25, 0.3) is 5.56 Å². The standard InChI is InChI=1S/C10H16N2O2/c1-10(2,3)9-11-7(6-14-4)5-8(13)12-9/h5H,6H2,1-4H3,(H,11,12,13). The van der Waals surface area contributed by atoms with Crippen LogP contribution in [-0.4, -0.2) is 17.1 Å². The highest BCUT2D eigenvalue weighted by Gasteiger charge is 2.17. The van der Waals surface area contributed by atoms with Crippen LogP contribution in [0.3, 0.4) is 0 Å². The first kappa shape index (κ1) is 10.9. The Morgan fingerprint density at radius 2 is 2.14 bits per heavy atom. The van der Waals surface area contributed by atoms with E-state index in [1.54, 1.807) is 7.11 Å². The Kier molecular flexibility index (Phi) is 3.06. The summed E-state index contributed by atoms with van der Waals surface area (Å²) in [6, 6.07) is 1.46. The molecular weight excluding hydrogens is 180 g/mol. The van der Waals surface area contributed by atoms with E-state index in [9.17, 15) is 4.79 Å². The van der Waals surface area contributed by atoms with E-state index in [4.69, 9.17) is 4.74 Å². The minimum atomic E-state index is -0.150. The molecule has 14 heavy (non-hydrogen) atoms. The predicted molar refractivity (Wildman–Crippen MR) is 54.3 cm³/mol. The maximum atomic E-state index is 11.3. The summed E-state index contributed by atoms with van der Waals surface area (Å²) in [4.78, 5) is 18.3. The smallest absolute Gasteiger partial charge is 0.251 e. The lowest BCUT2D eigenvalue weighted by atomic mass is 9.96. The minimum Gasteiger partial charge on any atom is -0.378 e. The number of methoxy groups -OCH3 is 1. The molecule has 0 aliphatic heterocycles. The molecule has 1 rings (SSSR count). The van der Waals surface area contributed by atoms with Crippen molar-refractivity contribution in [2.24, 2.45) is 0 Å². The number of nitrogens with zero attached hydrogens (tertiary/aromatic N) is 1. The van der Waals surface area contributed by atoms with E-state index < -0.39 is 0 Å². The first-order chi connectivity index (χ1) is 6.43. The van der Waals surface area contributed by atoms with Gasteiger partial charge >= 0.3 is 0 Å². The van der Waals surface area contributed by atoms with Gasteiger partial charge in [0, 0.05) is 18.6 Å². The predicted octanol–water partition coefficient (Wildman–Crippen LogP) is 1.21. The molecule has 1 heterocycles. The average molecular weight is 196 g/mol. The fraction of sp³-hybridized carbons (Fsp3) is 0.600. The zero-order valence-electron chi connectivity index (χ0n) is 9.05. The van der Waals surface area contributed by atoms with Crippen molar-refractivity contribution in [2.45, 2.75) is 32.8 Å². The molecule has 1 aromatic heterocycles. The highest BCUT2D eigenvalue weighted by molar-refractivity contribution is 5.07. The number of H-pyrrole nitrogens is 1. The Balaban J connectivity index is 3.14. The van der Waals surface area contributed by atoms with Crippen LogP contribution in [0.1, 0.15) is 32.3 Å². The lowest BCUT2D eigenvalue weighted by molar-refractivity contribution is 0.180. The fourth-order valence-corrected chi connectivity index (χ4v) is 1.08. The van der Waals surface area contributed by atoms with E-state index in [0.29, 0.717) is 18.1 Å². The topological polar surface area (TPSA) is 55.0 Å². The van der Waals surface area contributed by atoms with Gasteiger partial charge in [0.15, 0.2) is 0 Å². The van der Waals surface area contributed by atoms with E-state index in [0.717, 1.165) is 0 Å². The summed E-state index contributed by atoms with van der Waals surface area (Å²) >= 11 is 0. The van der Waals surface area contributed by atoms with Gasteiger partial charge in [-0.05, 0) is 0 Å². The van der Waals surface area contributed by atoms with Crippen molar-refractivity contribution < 1.29 is 4.74 Å². The van der Waals surface area contributed by atoms with Crippen LogP contribution < -0.4 is 5.56 Å². The fourth-order valence-electron chi connectivity index (χ4n) is 1.08. The second-order valence-corrected chi connectivity index (χ2v) is 4.27. The van der Waals surface area contributed by atoms with E-state index in [-0.39, 0.29) is 11.0 Å². The Morgan fingerprint density at radius 1 is 1.50 bits per heavy atom. The van der Waals surface area contributed by atoms with Gasteiger partial charge in [0.1, 0.15) is 5.82 Å². The maximum absolute atomic E-state index is 11.3. The van der Waals surface area contributed by atoms with E-state index >= 15 is 0 Å². The molecule has 0 unspecified atom stereocenters. The van der Waals surface area contributed by atoms with E-state index in [2.05, 4.69) is 9.97 Å². The van der Waals surface area contributed by atoms with Gasteiger partial charge in [0.05, 0.1) is 12.3 Å². The van der Waals surface area contributed by atoms with Gasteiger partial charge < -0.3 is 9.72 Å². The maximum Gasteiger partial charge on any atom is 0.251 e. The summed E-state index contributed by atoms with van der Waals surface area (Å²) in [5, 5.41) is 0. The zero-order chi connectivity index (χ0) is 10.8. The molecule has 1 aromatic rings. The SMILES string of the molecule is COCc1cc(=O)[nH]c(C(C)(C)C)n1. The van der Waals surface area contributed by atoms with Crippen LogP contribution in [0.4, 0.5) is 0 Å². The molecule has 0 amide bonds. The Bertz CT molecular complexity index is 363. The summed E-state index contributed by atoms with van der Waals surface area (Å²) in [6.07, 6.45) is 0. The van der Waals surface area contributed by atoms with Crippen molar-refractivity contribution in [2.75, 3.05) is 7.11 Å². The van der Waals surface area contributed by atoms with E-state index in [1.807, 2.05) is 20.8 Å². The molecule has 0 saturated carbocycles. The second kappa shape index (κ2) is 3.92. The van der Waals surface area contributed by atoms with Gasteiger partial charge in [-0.1, -0.05) is 20.8 Å². The summed E-state index contributed by atoms with van der Waals surface area (Å²) in [5.41, 5.74) is 0.390. The zero-order valence-corrected chi connectivity index (χ0v) is 9.05. The molecule has 0 bridgehead atoms. The number of aromatic nitrogens is 2. The van der Waals surface area contributed by atoms with Gasteiger partial charge in [-0.15, -0.1) is 0 Å². The summed E-state index contributed by atoms with van der Waals surface area (Å²) in [7, 11) is 1.58. The third kappa shape index (κ3) is 2.67.